The smallest absolute Gasteiger partial charge is 0.324 e. The second-order valence-electron chi connectivity index (χ2n) is 4.55. The number of hydrogen-bond acceptors (Lipinski definition) is 2. The van der Waals surface area contributed by atoms with Crippen LogP contribution in [-0.4, -0.2) is 37.6 Å². The molecule has 1 heterocycles. The molecule has 4 nitrogen and oxygen atoms in total. The zero-order valence-electron chi connectivity index (χ0n) is 10.4. The Labute approximate surface area is 102 Å². The predicted molar refractivity (Wildman–Crippen MR) is 69.3 cm³/mol. The van der Waals surface area contributed by atoms with E-state index >= 15 is 0 Å². The van der Waals surface area contributed by atoms with E-state index in [0.29, 0.717) is 6.54 Å². The number of urea groups is 1. The molecule has 1 aromatic rings. The number of carbonyl (C=O) groups is 1. The van der Waals surface area contributed by atoms with Crippen molar-refractivity contribution in [2.24, 2.45) is 5.73 Å². The highest BCUT2D eigenvalue weighted by molar-refractivity contribution is 5.94. The summed E-state index contributed by atoms with van der Waals surface area (Å²) in [5, 5.41) is 0. The second kappa shape index (κ2) is 4.75. The highest BCUT2D eigenvalue weighted by Gasteiger charge is 2.28. The van der Waals surface area contributed by atoms with Crippen molar-refractivity contribution in [3.8, 4) is 0 Å². The molecule has 0 aliphatic carbocycles. The molecule has 4 heteroatoms. The van der Waals surface area contributed by atoms with Crippen LogP contribution in [0.15, 0.2) is 24.3 Å². The topological polar surface area (TPSA) is 49.6 Å². The van der Waals surface area contributed by atoms with Crippen LogP contribution in [0.5, 0.6) is 0 Å². The number of anilines is 1. The van der Waals surface area contributed by atoms with E-state index < -0.39 is 0 Å². The van der Waals surface area contributed by atoms with E-state index in [1.807, 2.05) is 30.1 Å². The van der Waals surface area contributed by atoms with E-state index in [4.69, 9.17) is 5.73 Å². The van der Waals surface area contributed by atoms with Crippen LogP contribution in [0.4, 0.5) is 10.5 Å². The highest BCUT2D eigenvalue weighted by Crippen LogP contribution is 2.29. The molecule has 2 rings (SSSR count). The van der Waals surface area contributed by atoms with Gasteiger partial charge in [0.15, 0.2) is 0 Å². The normalized spacial score (nSPS) is 17.7. The summed E-state index contributed by atoms with van der Waals surface area (Å²) in [7, 11) is 1.83. The largest absolute Gasteiger partial charge is 0.330 e. The van der Waals surface area contributed by atoms with Gasteiger partial charge in [0.25, 0.3) is 0 Å². The molecule has 1 atom stereocenters. The monoisotopic (exact) mass is 233 g/mol. The molecule has 0 spiro atoms. The fraction of sp³-hybridized carbons (Fsp3) is 0.462. The molecule has 1 fully saturated rings. The van der Waals surface area contributed by atoms with Crippen molar-refractivity contribution < 1.29 is 4.79 Å². The lowest BCUT2D eigenvalue weighted by Crippen LogP contribution is -2.30. The number of rotatable bonds is 3. The Kier molecular flexibility index (Phi) is 3.33. The third-order valence-corrected chi connectivity index (χ3v) is 3.33. The van der Waals surface area contributed by atoms with Gasteiger partial charge >= 0.3 is 6.03 Å². The molecule has 1 unspecified atom stereocenters. The van der Waals surface area contributed by atoms with E-state index in [1.54, 1.807) is 4.90 Å². The van der Waals surface area contributed by atoms with Crippen molar-refractivity contribution in [2.45, 2.75) is 12.8 Å². The Hall–Kier alpha value is -1.55. The Morgan fingerprint density at radius 1 is 1.35 bits per heavy atom. The van der Waals surface area contributed by atoms with E-state index in [-0.39, 0.29) is 11.9 Å². The molecule has 1 aromatic carbocycles. The average molecular weight is 233 g/mol. The third-order valence-electron chi connectivity index (χ3n) is 3.33. The first-order chi connectivity index (χ1) is 8.15. The summed E-state index contributed by atoms with van der Waals surface area (Å²) in [6.45, 7) is 4.21. The van der Waals surface area contributed by atoms with Crippen LogP contribution in [0.3, 0.4) is 0 Å². The predicted octanol–water partition coefficient (Wildman–Crippen LogP) is 1.62. The lowest BCUT2D eigenvalue weighted by Gasteiger charge is -2.22. The molecule has 0 bridgehead atoms. The molecule has 2 amide bonds. The maximum atomic E-state index is 12.0. The van der Waals surface area contributed by atoms with Gasteiger partial charge in [-0.1, -0.05) is 25.1 Å². The van der Waals surface area contributed by atoms with Crippen LogP contribution in [-0.2, 0) is 0 Å². The number of benzene rings is 1. The summed E-state index contributed by atoms with van der Waals surface area (Å²) in [6, 6.07) is 8.08. The molecule has 2 N–H and O–H groups in total. The molecule has 0 saturated carbocycles. The van der Waals surface area contributed by atoms with E-state index in [1.165, 1.54) is 0 Å². The molecule has 1 aliphatic rings. The van der Waals surface area contributed by atoms with E-state index in [0.717, 1.165) is 24.3 Å². The highest BCUT2D eigenvalue weighted by atomic mass is 16.2. The van der Waals surface area contributed by atoms with Crippen LogP contribution >= 0.6 is 0 Å². The Morgan fingerprint density at radius 2 is 2.06 bits per heavy atom. The molecule has 1 aliphatic heterocycles. The van der Waals surface area contributed by atoms with E-state index in [2.05, 4.69) is 13.0 Å². The number of likely N-dealkylation sites (N-methyl/N-ethyl adjacent to an activating group) is 1. The zero-order chi connectivity index (χ0) is 12.4. The first kappa shape index (κ1) is 11.9. The Bertz CT molecular complexity index is 419. The van der Waals surface area contributed by atoms with Crippen LogP contribution in [0.2, 0.25) is 0 Å². The van der Waals surface area contributed by atoms with Crippen molar-refractivity contribution in [3.63, 3.8) is 0 Å². The number of amides is 2. The first-order valence-electron chi connectivity index (χ1n) is 5.96. The maximum absolute atomic E-state index is 12.0. The minimum Gasteiger partial charge on any atom is -0.330 e. The molecule has 17 heavy (non-hydrogen) atoms. The minimum atomic E-state index is 0.0710. The van der Waals surface area contributed by atoms with Gasteiger partial charge in [0.1, 0.15) is 0 Å². The van der Waals surface area contributed by atoms with Crippen LogP contribution in [0.25, 0.3) is 0 Å². The van der Waals surface area contributed by atoms with Gasteiger partial charge in [-0.2, -0.15) is 0 Å². The zero-order valence-corrected chi connectivity index (χ0v) is 10.4. The number of nitrogens with zero attached hydrogens (tertiary/aromatic N) is 2. The van der Waals surface area contributed by atoms with Crippen molar-refractivity contribution in [1.29, 1.82) is 0 Å². The third kappa shape index (κ3) is 2.13. The van der Waals surface area contributed by atoms with Crippen LogP contribution in [0.1, 0.15) is 18.4 Å². The summed E-state index contributed by atoms with van der Waals surface area (Å²) in [5.41, 5.74) is 7.87. The van der Waals surface area contributed by atoms with Crippen molar-refractivity contribution in [2.75, 3.05) is 31.6 Å². The van der Waals surface area contributed by atoms with Crippen molar-refractivity contribution >= 4 is 11.7 Å². The van der Waals surface area contributed by atoms with Gasteiger partial charge in [0.2, 0.25) is 0 Å². The molecule has 92 valence electrons. The molecule has 0 aromatic heterocycles. The fourth-order valence-corrected chi connectivity index (χ4v) is 2.15. The number of hydrogen-bond donors (Lipinski definition) is 1. The van der Waals surface area contributed by atoms with Gasteiger partial charge in [0, 0.05) is 25.8 Å². The summed E-state index contributed by atoms with van der Waals surface area (Å²) in [6.07, 6.45) is 0. The second-order valence-corrected chi connectivity index (χ2v) is 4.55. The standard InChI is InChI=1S/C13H19N3O/c1-10(9-14)11-5-3-4-6-12(11)16-8-7-15(2)13(16)17/h3-6,10H,7-9,14H2,1-2H3. The lowest BCUT2D eigenvalue weighted by molar-refractivity contribution is 0.229. The van der Waals surface area contributed by atoms with Gasteiger partial charge in [-0.15, -0.1) is 0 Å². The lowest BCUT2D eigenvalue weighted by atomic mass is 9.99. The molecule has 1 saturated heterocycles. The summed E-state index contributed by atoms with van der Waals surface area (Å²) >= 11 is 0. The number of para-hydroxylation sites is 1. The van der Waals surface area contributed by atoms with Gasteiger partial charge in [-0.3, -0.25) is 4.90 Å². The average Bonchev–Trinajstić information content (AvgIpc) is 2.69. The Balaban J connectivity index is 2.35. The summed E-state index contributed by atoms with van der Waals surface area (Å²) in [4.78, 5) is 15.6. The summed E-state index contributed by atoms with van der Waals surface area (Å²) < 4.78 is 0. The molecular formula is C13H19N3O. The van der Waals surface area contributed by atoms with E-state index in [9.17, 15) is 4.79 Å². The number of carbonyl (C=O) groups excluding carboxylic acids is 1. The summed E-state index contributed by atoms with van der Waals surface area (Å²) in [5.74, 6) is 0.268. The first-order valence-corrected chi connectivity index (χ1v) is 5.96. The van der Waals surface area contributed by atoms with Gasteiger partial charge in [0.05, 0.1) is 0 Å². The molecule has 0 radical (unpaired) electrons. The van der Waals surface area contributed by atoms with Crippen molar-refractivity contribution in [3.05, 3.63) is 29.8 Å². The van der Waals surface area contributed by atoms with Crippen LogP contribution in [0, 0.1) is 0 Å². The van der Waals surface area contributed by atoms with Crippen molar-refractivity contribution in [1.82, 2.24) is 4.90 Å². The SMILES string of the molecule is CC(CN)c1ccccc1N1CCN(C)C1=O. The maximum Gasteiger partial charge on any atom is 0.324 e. The molecular weight excluding hydrogens is 214 g/mol. The van der Waals surface area contributed by atoms with Crippen LogP contribution < -0.4 is 10.6 Å². The van der Waals surface area contributed by atoms with Gasteiger partial charge < -0.3 is 10.6 Å². The Morgan fingerprint density at radius 3 is 2.65 bits per heavy atom. The quantitative estimate of drug-likeness (QED) is 0.862. The van der Waals surface area contributed by atoms with Gasteiger partial charge in [-0.25, -0.2) is 4.79 Å². The number of nitrogens with two attached hydrogens (primary N) is 1. The minimum absolute atomic E-state index is 0.0710. The van der Waals surface area contributed by atoms with Gasteiger partial charge in [-0.05, 0) is 24.1 Å². The fourth-order valence-electron chi connectivity index (χ4n) is 2.15.